The topological polar surface area (TPSA) is 110 Å². The summed E-state index contributed by atoms with van der Waals surface area (Å²) in [6.45, 7) is 0.463. The van der Waals surface area contributed by atoms with E-state index in [9.17, 15) is 25.2 Å². The second-order valence-corrected chi connectivity index (χ2v) is 8.46. The highest BCUT2D eigenvalue weighted by molar-refractivity contribution is 5.83. The van der Waals surface area contributed by atoms with E-state index in [1.54, 1.807) is 11.9 Å². The van der Waals surface area contributed by atoms with Crippen LogP contribution in [0.25, 0.3) is 5.57 Å². The molecule has 0 bridgehead atoms. The summed E-state index contributed by atoms with van der Waals surface area (Å²) in [6.07, 6.45) is -2.61. The third kappa shape index (κ3) is 4.35. The minimum absolute atomic E-state index is 0.463. The number of rotatable bonds is 5. The Labute approximate surface area is 187 Å². The van der Waals surface area contributed by atoms with Gasteiger partial charge >= 0.3 is 5.97 Å². The van der Waals surface area contributed by atoms with Gasteiger partial charge < -0.3 is 25.2 Å². The Morgan fingerprint density at radius 1 is 0.969 bits per heavy atom. The number of hydrogen-bond donors (Lipinski definition) is 4. The second kappa shape index (κ2) is 9.52. The summed E-state index contributed by atoms with van der Waals surface area (Å²) in [5, 5.41) is 39.6. The Morgan fingerprint density at radius 3 is 2.09 bits per heavy atom. The Morgan fingerprint density at radius 2 is 1.53 bits per heavy atom. The number of nitrogens with zero attached hydrogens (tertiary/aromatic N) is 1. The fraction of sp³-hybridized carbons (Fsp3) is 0.400. The van der Waals surface area contributed by atoms with Gasteiger partial charge in [0.15, 0.2) is 6.10 Å². The van der Waals surface area contributed by atoms with E-state index in [1.165, 1.54) is 22.3 Å². The zero-order chi connectivity index (χ0) is 22.8. The van der Waals surface area contributed by atoms with Crippen LogP contribution in [0.1, 0.15) is 28.7 Å². The Hall–Kier alpha value is -2.55. The molecule has 4 rings (SSSR count). The first kappa shape index (κ1) is 22.6. The van der Waals surface area contributed by atoms with Crippen LogP contribution in [0.15, 0.2) is 54.6 Å². The van der Waals surface area contributed by atoms with Crippen LogP contribution >= 0.6 is 0 Å². The molecule has 0 saturated carbocycles. The molecule has 0 radical (unpaired) electrons. The van der Waals surface area contributed by atoms with Gasteiger partial charge in [0.05, 0.1) is 0 Å². The highest BCUT2D eigenvalue weighted by Crippen LogP contribution is 2.34. The number of aliphatic hydroxyl groups is 3. The van der Waals surface area contributed by atoms with Gasteiger partial charge in [-0.15, -0.1) is 0 Å². The number of aliphatic hydroxyl groups excluding tert-OH is 3. The molecule has 7 heteroatoms. The van der Waals surface area contributed by atoms with Crippen molar-refractivity contribution in [1.29, 1.82) is 0 Å². The third-order valence-electron chi connectivity index (χ3n) is 6.38. The molecule has 2 aromatic carbocycles. The lowest BCUT2D eigenvalue weighted by Crippen LogP contribution is -2.63. The average Bonchev–Trinajstić information content (AvgIpc) is 2.94. The zero-order valence-corrected chi connectivity index (χ0v) is 18.0. The van der Waals surface area contributed by atoms with E-state index in [2.05, 4.69) is 42.5 Å². The Bertz CT molecular complexity index is 956. The van der Waals surface area contributed by atoms with Crippen molar-refractivity contribution in [1.82, 2.24) is 4.90 Å². The van der Waals surface area contributed by atoms with Crippen LogP contribution in [0.2, 0.25) is 0 Å². The molecule has 32 heavy (non-hydrogen) atoms. The molecule has 4 N–H and O–H groups in total. The minimum atomic E-state index is -1.69. The summed E-state index contributed by atoms with van der Waals surface area (Å²) in [5.74, 6) is -1.38. The largest absolute Gasteiger partial charge is 0.479 e. The van der Waals surface area contributed by atoms with E-state index in [0.717, 1.165) is 18.4 Å². The lowest BCUT2D eigenvalue weighted by atomic mass is 9.93. The molecule has 0 aromatic heterocycles. The van der Waals surface area contributed by atoms with Gasteiger partial charge in [-0.25, -0.2) is 4.79 Å². The van der Waals surface area contributed by atoms with Gasteiger partial charge in [0.2, 0.25) is 0 Å². The van der Waals surface area contributed by atoms with E-state index < -0.39 is 36.6 Å². The van der Waals surface area contributed by atoms with Crippen LogP contribution in [0, 0.1) is 0 Å². The van der Waals surface area contributed by atoms with Gasteiger partial charge in [-0.1, -0.05) is 54.6 Å². The first-order valence-corrected chi connectivity index (χ1v) is 10.9. The molecule has 170 valence electrons. The molecule has 1 aliphatic carbocycles. The molecular weight excluding hydrogens is 410 g/mol. The van der Waals surface area contributed by atoms with Gasteiger partial charge in [-0.2, -0.15) is 0 Å². The van der Waals surface area contributed by atoms with Crippen LogP contribution < -0.4 is 0 Å². The maximum absolute atomic E-state index is 11.4. The van der Waals surface area contributed by atoms with Gasteiger partial charge in [-0.05, 0) is 54.1 Å². The molecule has 0 unspecified atom stereocenters. The number of ether oxygens (including phenoxy) is 1. The number of hydrogen-bond acceptors (Lipinski definition) is 6. The number of carboxylic acids is 1. The maximum Gasteiger partial charge on any atom is 0.335 e. The minimum Gasteiger partial charge on any atom is -0.479 e. The molecule has 7 nitrogen and oxygen atoms in total. The molecule has 0 spiro atoms. The lowest BCUT2D eigenvalue weighted by Gasteiger charge is -2.42. The third-order valence-corrected chi connectivity index (χ3v) is 6.38. The predicted molar refractivity (Wildman–Crippen MR) is 119 cm³/mol. The summed E-state index contributed by atoms with van der Waals surface area (Å²) in [5.41, 5.74) is 6.18. The Balaban J connectivity index is 1.54. The molecule has 2 aromatic rings. The number of likely N-dealkylation sites (N-methyl/N-ethyl adjacent to an activating group) is 1. The van der Waals surface area contributed by atoms with Crippen molar-refractivity contribution in [2.75, 3.05) is 13.6 Å². The summed E-state index contributed by atoms with van der Waals surface area (Å²) in [4.78, 5) is 13.0. The van der Waals surface area contributed by atoms with Crippen molar-refractivity contribution in [3.8, 4) is 0 Å². The monoisotopic (exact) mass is 439 g/mol. The SMILES string of the molecule is CN(CCC=C1c2ccccc2CCc2ccccc21)[C@@H]1O[C@H](C(=O)O)[C@@H](O)[C@H](O)[C@H]1O. The van der Waals surface area contributed by atoms with E-state index in [-0.39, 0.29) is 0 Å². The first-order chi connectivity index (χ1) is 15.4. The van der Waals surface area contributed by atoms with Crippen molar-refractivity contribution in [2.24, 2.45) is 0 Å². The summed E-state index contributed by atoms with van der Waals surface area (Å²) >= 11 is 0. The van der Waals surface area contributed by atoms with Crippen molar-refractivity contribution in [3.05, 3.63) is 76.9 Å². The molecule has 1 fully saturated rings. The van der Waals surface area contributed by atoms with Crippen LogP contribution in [-0.4, -0.2) is 75.5 Å². The molecule has 0 amide bonds. The number of benzene rings is 2. The highest BCUT2D eigenvalue weighted by Gasteiger charge is 2.48. The van der Waals surface area contributed by atoms with Gasteiger partial charge in [0.25, 0.3) is 0 Å². The van der Waals surface area contributed by atoms with E-state index in [1.807, 2.05) is 12.1 Å². The molecule has 2 aliphatic rings. The number of carboxylic acid groups (broad SMARTS) is 1. The molecule has 1 heterocycles. The molecule has 1 saturated heterocycles. The molecule has 5 atom stereocenters. The van der Waals surface area contributed by atoms with Crippen molar-refractivity contribution >= 4 is 11.5 Å². The maximum atomic E-state index is 11.4. The summed E-state index contributed by atoms with van der Waals surface area (Å²) < 4.78 is 5.43. The van der Waals surface area contributed by atoms with E-state index in [4.69, 9.17) is 4.74 Å². The van der Waals surface area contributed by atoms with Crippen LogP contribution in [0.4, 0.5) is 0 Å². The second-order valence-electron chi connectivity index (χ2n) is 8.46. The summed E-state index contributed by atoms with van der Waals surface area (Å²) in [7, 11) is 1.70. The smallest absolute Gasteiger partial charge is 0.335 e. The highest BCUT2D eigenvalue weighted by atomic mass is 16.6. The van der Waals surface area contributed by atoms with Crippen LogP contribution in [0.3, 0.4) is 0 Å². The zero-order valence-electron chi connectivity index (χ0n) is 18.0. The summed E-state index contributed by atoms with van der Waals surface area (Å²) in [6, 6.07) is 16.8. The normalized spacial score (nSPS) is 27.4. The quantitative estimate of drug-likeness (QED) is 0.558. The lowest BCUT2D eigenvalue weighted by molar-refractivity contribution is -0.256. The molecule has 1 aliphatic heterocycles. The number of aliphatic carboxylic acids is 1. The first-order valence-electron chi connectivity index (χ1n) is 10.9. The molecular formula is C25H29NO6. The van der Waals surface area contributed by atoms with Gasteiger partial charge in [0.1, 0.15) is 24.5 Å². The van der Waals surface area contributed by atoms with Crippen molar-refractivity contribution < 1.29 is 30.0 Å². The predicted octanol–water partition coefficient (Wildman–Crippen LogP) is 1.43. The van der Waals surface area contributed by atoms with Gasteiger partial charge in [-0.3, -0.25) is 4.90 Å². The number of fused-ring (bicyclic) bond motifs is 2. The van der Waals surface area contributed by atoms with Crippen LogP contribution in [0.5, 0.6) is 0 Å². The van der Waals surface area contributed by atoms with Gasteiger partial charge in [0, 0.05) is 6.54 Å². The fourth-order valence-corrected chi connectivity index (χ4v) is 4.61. The number of carbonyl (C=O) groups is 1. The van der Waals surface area contributed by atoms with Crippen molar-refractivity contribution in [2.45, 2.75) is 49.9 Å². The van der Waals surface area contributed by atoms with E-state index >= 15 is 0 Å². The van der Waals surface area contributed by atoms with E-state index in [0.29, 0.717) is 13.0 Å². The standard InChI is InChI=1S/C25H29NO6/c1-26(24-22(29)20(27)21(28)23(32-24)25(30)31)14-6-11-19-17-9-4-2-7-15(17)12-13-16-8-3-5-10-18(16)19/h2-5,7-11,20-24,27-29H,6,12-14H2,1H3,(H,30,31)/t20-,21-,22+,23-,24+/m0/s1. The fourth-order valence-electron chi connectivity index (χ4n) is 4.61. The average molecular weight is 440 g/mol. The van der Waals surface area contributed by atoms with Crippen LogP contribution in [-0.2, 0) is 22.4 Å². The van der Waals surface area contributed by atoms with Crippen molar-refractivity contribution in [3.63, 3.8) is 0 Å². The Kier molecular flexibility index (Phi) is 6.74. The number of aryl methyl sites for hydroxylation is 2.